The van der Waals surface area contributed by atoms with Crippen molar-refractivity contribution in [2.45, 2.75) is 25.9 Å². The lowest BCUT2D eigenvalue weighted by molar-refractivity contribution is -0.141. The first kappa shape index (κ1) is 21.5. The Hall–Kier alpha value is -3.69. The number of anilines is 2. The number of aromatic nitrogens is 1. The van der Waals surface area contributed by atoms with E-state index in [0.29, 0.717) is 48.0 Å². The van der Waals surface area contributed by atoms with Crippen molar-refractivity contribution in [3.8, 4) is 11.1 Å². The van der Waals surface area contributed by atoms with Gasteiger partial charge in [-0.25, -0.2) is 14.2 Å². The SMILES string of the molecule is COC(=O)CC[C@H]1CN(c2ccc(-c3ccc(N4CCON=C4C)nc3)c(F)c2)C(=O)O1. The third-order valence-electron chi connectivity index (χ3n) is 5.37. The van der Waals surface area contributed by atoms with E-state index in [2.05, 4.69) is 14.9 Å². The first-order chi connectivity index (χ1) is 15.5. The van der Waals surface area contributed by atoms with E-state index in [0.717, 1.165) is 0 Å². The van der Waals surface area contributed by atoms with Crippen LogP contribution in [0, 0.1) is 5.82 Å². The van der Waals surface area contributed by atoms with E-state index >= 15 is 0 Å². The maximum absolute atomic E-state index is 14.9. The van der Waals surface area contributed by atoms with Gasteiger partial charge in [0.1, 0.15) is 30.2 Å². The highest BCUT2D eigenvalue weighted by molar-refractivity contribution is 5.95. The second kappa shape index (κ2) is 9.21. The van der Waals surface area contributed by atoms with Crippen LogP contribution in [0.4, 0.5) is 20.7 Å². The molecule has 1 fully saturated rings. The van der Waals surface area contributed by atoms with Crippen molar-refractivity contribution in [1.82, 2.24) is 4.98 Å². The summed E-state index contributed by atoms with van der Waals surface area (Å²) in [6, 6.07) is 8.16. The van der Waals surface area contributed by atoms with Gasteiger partial charge in [-0.1, -0.05) is 5.16 Å². The van der Waals surface area contributed by atoms with Gasteiger partial charge >= 0.3 is 12.1 Å². The predicted octanol–water partition coefficient (Wildman–Crippen LogP) is 3.34. The minimum absolute atomic E-state index is 0.147. The maximum Gasteiger partial charge on any atom is 0.414 e. The van der Waals surface area contributed by atoms with Crippen LogP contribution in [0.5, 0.6) is 0 Å². The number of halogens is 1. The summed E-state index contributed by atoms with van der Waals surface area (Å²) in [5, 5.41) is 3.94. The zero-order valence-electron chi connectivity index (χ0n) is 17.8. The van der Waals surface area contributed by atoms with E-state index in [1.165, 1.54) is 18.1 Å². The molecule has 1 aromatic carbocycles. The van der Waals surface area contributed by atoms with E-state index in [9.17, 15) is 14.0 Å². The summed E-state index contributed by atoms with van der Waals surface area (Å²) in [4.78, 5) is 36.3. The van der Waals surface area contributed by atoms with Crippen LogP contribution in [0.3, 0.4) is 0 Å². The van der Waals surface area contributed by atoms with Crippen molar-refractivity contribution >= 4 is 29.4 Å². The van der Waals surface area contributed by atoms with Crippen LogP contribution in [0.1, 0.15) is 19.8 Å². The van der Waals surface area contributed by atoms with Gasteiger partial charge in [0, 0.05) is 23.7 Å². The Bertz CT molecular complexity index is 1040. The normalized spacial score (nSPS) is 18.2. The fourth-order valence-corrected chi connectivity index (χ4v) is 3.64. The van der Waals surface area contributed by atoms with Gasteiger partial charge in [0.25, 0.3) is 0 Å². The number of ether oxygens (including phenoxy) is 2. The lowest BCUT2D eigenvalue weighted by Gasteiger charge is -2.25. The maximum atomic E-state index is 14.9. The van der Waals surface area contributed by atoms with Crippen molar-refractivity contribution in [2.24, 2.45) is 5.16 Å². The molecule has 0 radical (unpaired) electrons. The molecule has 0 saturated carbocycles. The second-order valence-corrected chi connectivity index (χ2v) is 7.42. The molecule has 0 spiro atoms. The first-order valence-electron chi connectivity index (χ1n) is 10.2. The molecule has 10 heteroatoms. The highest BCUT2D eigenvalue weighted by atomic mass is 19.1. The molecule has 1 aromatic heterocycles. The molecule has 168 valence electrons. The van der Waals surface area contributed by atoms with E-state index in [1.807, 2.05) is 11.8 Å². The van der Waals surface area contributed by atoms with Crippen molar-refractivity contribution in [3.05, 3.63) is 42.3 Å². The molecule has 1 amide bonds. The number of amides is 1. The largest absolute Gasteiger partial charge is 0.469 e. The Morgan fingerprint density at radius 3 is 2.81 bits per heavy atom. The summed E-state index contributed by atoms with van der Waals surface area (Å²) in [7, 11) is 1.31. The number of esters is 1. The highest BCUT2D eigenvalue weighted by Gasteiger charge is 2.33. The average Bonchev–Trinajstić information content (AvgIpc) is 3.18. The van der Waals surface area contributed by atoms with Gasteiger partial charge in [-0.2, -0.15) is 0 Å². The predicted molar refractivity (Wildman–Crippen MR) is 115 cm³/mol. The van der Waals surface area contributed by atoms with Gasteiger partial charge in [-0.15, -0.1) is 0 Å². The van der Waals surface area contributed by atoms with Crippen LogP contribution in [0.2, 0.25) is 0 Å². The summed E-state index contributed by atoms with van der Waals surface area (Å²) in [6.45, 7) is 3.18. The molecular weight excluding hydrogens is 419 g/mol. The molecule has 3 heterocycles. The number of carbonyl (C=O) groups excluding carboxylic acids is 2. The molecule has 4 rings (SSSR count). The Balaban J connectivity index is 1.46. The van der Waals surface area contributed by atoms with Gasteiger partial charge in [-0.05, 0) is 43.7 Å². The van der Waals surface area contributed by atoms with Crippen LogP contribution in [0.15, 0.2) is 41.7 Å². The van der Waals surface area contributed by atoms with E-state index in [-0.39, 0.29) is 18.9 Å². The number of hydrogen-bond donors (Lipinski definition) is 0. The lowest BCUT2D eigenvalue weighted by Crippen LogP contribution is -2.36. The van der Waals surface area contributed by atoms with Crippen molar-refractivity contribution < 1.29 is 28.3 Å². The molecule has 2 aromatic rings. The molecule has 2 aliphatic rings. The van der Waals surface area contributed by atoms with E-state index < -0.39 is 18.0 Å². The Morgan fingerprint density at radius 1 is 1.28 bits per heavy atom. The van der Waals surface area contributed by atoms with Crippen LogP contribution in [0.25, 0.3) is 11.1 Å². The number of oxime groups is 1. The number of nitrogens with zero attached hydrogens (tertiary/aromatic N) is 4. The topological polar surface area (TPSA) is 93.6 Å². The van der Waals surface area contributed by atoms with Crippen molar-refractivity contribution in [2.75, 3.05) is 36.6 Å². The van der Waals surface area contributed by atoms with Gasteiger partial charge in [0.15, 0.2) is 0 Å². The second-order valence-electron chi connectivity index (χ2n) is 7.42. The molecule has 32 heavy (non-hydrogen) atoms. The van der Waals surface area contributed by atoms with Gasteiger partial charge in [0.05, 0.1) is 25.9 Å². The Kier molecular flexibility index (Phi) is 6.20. The van der Waals surface area contributed by atoms with Gasteiger partial charge < -0.3 is 19.2 Å². The number of cyclic esters (lactones) is 1. The molecule has 0 unspecified atom stereocenters. The smallest absolute Gasteiger partial charge is 0.414 e. The quantitative estimate of drug-likeness (QED) is 0.634. The Labute approximate surface area is 184 Å². The minimum atomic E-state index is -0.569. The molecule has 0 N–H and O–H groups in total. The standard InChI is InChI=1S/C22H23FN4O5/c1-14-25-31-10-9-26(14)20-7-3-15(12-24-20)18-6-4-16(11-19(18)23)27-13-17(32-22(27)29)5-8-21(28)30-2/h3-4,6-7,11-12,17H,5,8-10,13H2,1-2H3/t17-/m0/s1. The summed E-state index contributed by atoms with van der Waals surface area (Å²) < 4.78 is 24.8. The summed E-state index contributed by atoms with van der Waals surface area (Å²) in [6.07, 6.45) is 1.08. The molecular formula is C22H23FN4O5. The monoisotopic (exact) mass is 442 g/mol. The molecule has 2 aliphatic heterocycles. The van der Waals surface area contributed by atoms with Crippen LogP contribution in [-0.2, 0) is 19.1 Å². The van der Waals surface area contributed by atoms with Crippen molar-refractivity contribution in [1.29, 1.82) is 0 Å². The number of carbonyl (C=O) groups is 2. The fraction of sp³-hybridized carbons (Fsp3) is 0.364. The lowest BCUT2D eigenvalue weighted by atomic mass is 10.1. The summed E-state index contributed by atoms with van der Waals surface area (Å²) in [5.74, 6) is 0.556. The first-order valence-corrected chi connectivity index (χ1v) is 10.2. The van der Waals surface area contributed by atoms with E-state index in [4.69, 9.17) is 9.57 Å². The number of pyridine rings is 1. The molecule has 1 atom stereocenters. The van der Waals surface area contributed by atoms with Gasteiger partial charge in [0.2, 0.25) is 0 Å². The minimum Gasteiger partial charge on any atom is -0.469 e. The molecule has 1 saturated heterocycles. The average molecular weight is 442 g/mol. The Morgan fingerprint density at radius 2 is 2.12 bits per heavy atom. The summed E-state index contributed by atoms with van der Waals surface area (Å²) in [5.41, 5.74) is 1.37. The number of rotatable bonds is 6. The number of methoxy groups -OCH3 is 1. The number of amidine groups is 1. The number of benzene rings is 1. The third-order valence-corrected chi connectivity index (χ3v) is 5.37. The zero-order chi connectivity index (χ0) is 22.7. The third kappa shape index (κ3) is 4.48. The van der Waals surface area contributed by atoms with Crippen molar-refractivity contribution in [3.63, 3.8) is 0 Å². The highest BCUT2D eigenvalue weighted by Crippen LogP contribution is 2.30. The summed E-state index contributed by atoms with van der Waals surface area (Å²) >= 11 is 0. The molecule has 0 aliphatic carbocycles. The van der Waals surface area contributed by atoms with Gasteiger partial charge in [-0.3, -0.25) is 9.69 Å². The van der Waals surface area contributed by atoms with Crippen LogP contribution in [-0.4, -0.2) is 55.8 Å². The van der Waals surface area contributed by atoms with Crippen LogP contribution >= 0.6 is 0 Å². The molecule has 9 nitrogen and oxygen atoms in total. The zero-order valence-corrected chi connectivity index (χ0v) is 17.8. The van der Waals surface area contributed by atoms with Crippen LogP contribution < -0.4 is 9.80 Å². The fourth-order valence-electron chi connectivity index (χ4n) is 3.64. The molecule has 0 bridgehead atoms. The van der Waals surface area contributed by atoms with E-state index in [1.54, 1.807) is 30.5 Å². The number of hydrogen-bond acceptors (Lipinski definition) is 8.